The average molecular weight is 299 g/mol. The molecule has 0 aliphatic carbocycles. The number of cyclic esters (lactones) is 1. The Kier molecular flexibility index (Phi) is 3.13. The lowest BCUT2D eigenvalue weighted by Gasteiger charge is -2.30. The molecule has 0 radical (unpaired) electrons. The Bertz CT molecular complexity index is 786. The molecule has 2 aromatic rings. The van der Waals surface area contributed by atoms with Crippen molar-refractivity contribution in [3.63, 3.8) is 0 Å². The topological polar surface area (TPSA) is 95.2 Å². The van der Waals surface area contributed by atoms with Crippen LogP contribution < -0.4 is 0 Å². The molecule has 1 aromatic heterocycles. The number of hydrogen-bond acceptors (Lipinski definition) is 6. The smallest absolute Gasteiger partial charge is 0.342 e. The minimum absolute atomic E-state index is 0.0291. The molecular formula is C15H13N3O4. The Hall–Kier alpha value is -2.83. The maximum atomic E-state index is 11.9. The highest BCUT2D eigenvalue weighted by atomic mass is 16.6. The molecule has 0 saturated heterocycles. The molecule has 0 bridgehead atoms. The molecular weight excluding hydrogens is 286 g/mol. The second-order valence-electron chi connectivity index (χ2n) is 5.69. The van der Waals surface area contributed by atoms with Crippen LogP contribution in [0.2, 0.25) is 0 Å². The number of benzene rings is 1. The lowest BCUT2D eigenvalue weighted by molar-refractivity contribution is -0.384. The molecule has 0 spiro atoms. The largest absolute Gasteiger partial charge is 0.456 e. The molecule has 7 heteroatoms. The Morgan fingerprint density at radius 2 is 2.14 bits per heavy atom. The van der Waals surface area contributed by atoms with Crippen LogP contribution in [-0.2, 0) is 11.2 Å². The molecule has 0 unspecified atom stereocenters. The van der Waals surface area contributed by atoms with Gasteiger partial charge in [0, 0.05) is 30.3 Å². The second-order valence-corrected chi connectivity index (χ2v) is 5.69. The first kappa shape index (κ1) is 14.1. The van der Waals surface area contributed by atoms with Gasteiger partial charge in [-0.2, -0.15) is 0 Å². The van der Waals surface area contributed by atoms with E-state index >= 15 is 0 Å². The summed E-state index contributed by atoms with van der Waals surface area (Å²) in [5, 5.41) is 10.8. The number of nitro benzene ring substituents is 1. The molecule has 0 fully saturated rings. The normalized spacial score (nSPS) is 15.8. The molecule has 112 valence electrons. The summed E-state index contributed by atoms with van der Waals surface area (Å²) in [7, 11) is 0. The fourth-order valence-corrected chi connectivity index (χ4v) is 2.37. The van der Waals surface area contributed by atoms with Gasteiger partial charge in [0.25, 0.3) is 5.69 Å². The number of carbonyl (C=O) groups excluding carboxylic acids is 1. The summed E-state index contributed by atoms with van der Waals surface area (Å²) in [6.07, 6.45) is 1.88. The van der Waals surface area contributed by atoms with Crippen molar-refractivity contribution in [1.82, 2.24) is 9.97 Å². The third-order valence-corrected chi connectivity index (χ3v) is 3.36. The number of rotatable bonds is 2. The summed E-state index contributed by atoms with van der Waals surface area (Å²) in [6.45, 7) is 3.62. The minimum atomic E-state index is -0.627. The molecule has 1 aromatic carbocycles. The fourth-order valence-electron chi connectivity index (χ4n) is 2.37. The number of nitro groups is 1. The molecule has 22 heavy (non-hydrogen) atoms. The van der Waals surface area contributed by atoms with Gasteiger partial charge in [0.15, 0.2) is 5.82 Å². The van der Waals surface area contributed by atoms with Crippen molar-refractivity contribution in [2.75, 3.05) is 0 Å². The van der Waals surface area contributed by atoms with Crippen molar-refractivity contribution >= 4 is 11.7 Å². The third kappa shape index (κ3) is 2.52. The minimum Gasteiger partial charge on any atom is -0.456 e. The molecule has 1 aliphatic rings. The van der Waals surface area contributed by atoms with E-state index in [-0.39, 0.29) is 5.69 Å². The summed E-state index contributed by atoms with van der Waals surface area (Å²) in [6, 6.07) is 6.09. The maximum Gasteiger partial charge on any atom is 0.342 e. The van der Waals surface area contributed by atoms with Crippen molar-refractivity contribution in [2.45, 2.75) is 25.9 Å². The molecule has 0 atom stereocenters. The number of esters is 1. The fraction of sp³-hybridized carbons (Fsp3) is 0.267. The molecule has 2 heterocycles. The van der Waals surface area contributed by atoms with Gasteiger partial charge in [-0.05, 0) is 13.8 Å². The van der Waals surface area contributed by atoms with Crippen molar-refractivity contribution in [1.29, 1.82) is 0 Å². The zero-order valence-electron chi connectivity index (χ0n) is 12.1. The predicted molar refractivity (Wildman–Crippen MR) is 77.3 cm³/mol. The first-order valence-electron chi connectivity index (χ1n) is 6.70. The van der Waals surface area contributed by atoms with E-state index in [1.54, 1.807) is 12.1 Å². The van der Waals surface area contributed by atoms with Gasteiger partial charge in [-0.25, -0.2) is 14.8 Å². The molecule has 1 aliphatic heterocycles. The van der Waals surface area contributed by atoms with E-state index in [1.807, 2.05) is 13.8 Å². The van der Waals surface area contributed by atoms with Crippen LogP contribution in [0.5, 0.6) is 0 Å². The number of carbonyl (C=O) groups is 1. The van der Waals surface area contributed by atoms with Gasteiger partial charge in [0.05, 0.1) is 16.2 Å². The van der Waals surface area contributed by atoms with Gasteiger partial charge in [0.1, 0.15) is 5.60 Å². The van der Waals surface area contributed by atoms with E-state index in [2.05, 4.69) is 9.97 Å². The second kappa shape index (κ2) is 4.87. The zero-order valence-corrected chi connectivity index (χ0v) is 12.1. The summed E-state index contributed by atoms with van der Waals surface area (Å²) in [5.74, 6) is -0.0928. The van der Waals surface area contributed by atoms with Gasteiger partial charge in [-0.15, -0.1) is 0 Å². The van der Waals surface area contributed by atoms with Gasteiger partial charge in [-0.3, -0.25) is 10.1 Å². The maximum absolute atomic E-state index is 11.9. The molecule has 7 nitrogen and oxygen atoms in total. The van der Waals surface area contributed by atoms with Gasteiger partial charge in [0.2, 0.25) is 0 Å². The molecule has 0 N–H and O–H groups in total. The third-order valence-electron chi connectivity index (χ3n) is 3.36. The summed E-state index contributed by atoms with van der Waals surface area (Å²) < 4.78 is 5.29. The van der Waals surface area contributed by atoms with Gasteiger partial charge < -0.3 is 4.74 Å². The Morgan fingerprint density at radius 1 is 1.36 bits per heavy atom. The lowest BCUT2D eigenvalue weighted by Crippen LogP contribution is -2.36. The number of fused-ring (bicyclic) bond motifs is 1. The van der Waals surface area contributed by atoms with Crippen molar-refractivity contribution < 1.29 is 14.5 Å². The van der Waals surface area contributed by atoms with Crippen LogP contribution in [0.4, 0.5) is 5.69 Å². The van der Waals surface area contributed by atoms with E-state index in [1.165, 1.54) is 18.3 Å². The first-order valence-corrected chi connectivity index (χ1v) is 6.70. The number of ether oxygens (including phenoxy) is 1. The zero-order chi connectivity index (χ0) is 15.9. The average Bonchev–Trinajstić information content (AvgIpc) is 2.45. The molecule has 0 saturated carbocycles. The Labute approximate surface area is 126 Å². The van der Waals surface area contributed by atoms with Gasteiger partial charge >= 0.3 is 5.97 Å². The van der Waals surface area contributed by atoms with E-state index in [0.717, 1.165) is 0 Å². The Morgan fingerprint density at radius 3 is 2.86 bits per heavy atom. The highest BCUT2D eigenvalue weighted by Crippen LogP contribution is 2.28. The summed E-state index contributed by atoms with van der Waals surface area (Å²) >= 11 is 0. The lowest BCUT2D eigenvalue weighted by atomic mass is 9.96. The number of nitrogens with zero attached hydrogens (tertiary/aromatic N) is 3. The highest BCUT2D eigenvalue weighted by Gasteiger charge is 2.33. The van der Waals surface area contributed by atoms with Crippen molar-refractivity contribution in [2.24, 2.45) is 0 Å². The van der Waals surface area contributed by atoms with Crippen molar-refractivity contribution in [3.05, 3.63) is 51.8 Å². The van der Waals surface area contributed by atoms with Crippen LogP contribution >= 0.6 is 0 Å². The van der Waals surface area contributed by atoms with Crippen LogP contribution in [0.1, 0.15) is 29.9 Å². The van der Waals surface area contributed by atoms with Crippen LogP contribution in [0.15, 0.2) is 30.5 Å². The van der Waals surface area contributed by atoms with Crippen LogP contribution in [-0.4, -0.2) is 26.5 Å². The quantitative estimate of drug-likeness (QED) is 0.480. The number of non-ortho nitro benzene ring substituents is 1. The van der Waals surface area contributed by atoms with E-state index in [9.17, 15) is 14.9 Å². The standard InChI is InChI=1S/C15H13N3O4/c1-15(2)7-12-11(14(19)22-15)8-16-13(17-12)9-4-3-5-10(6-9)18(20)21/h3-6,8H,7H2,1-2H3. The highest BCUT2D eigenvalue weighted by molar-refractivity contribution is 5.91. The summed E-state index contributed by atoms with van der Waals surface area (Å²) in [4.78, 5) is 30.8. The van der Waals surface area contributed by atoms with Crippen LogP contribution in [0.25, 0.3) is 11.4 Å². The molecule has 0 amide bonds. The van der Waals surface area contributed by atoms with E-state index < -0.39 is 16.5 Å². The number of hydrogen-bond donors (Lipinski definition) is 0. The summed E-state index contributed by atoms with van der Waals surface area (Å²) in [5.41, 5.74) is 0.817. The number of aromatic nitrogens is 2. The first-order chi connectivity index (χ1) is 10.4. The van der Waals surface area contributed by atoms with Crippen LogP contribution in [0.3, 0.4) is 0 Å². The van der Waals surface area contributed by atoms with E-state index in [0.29, 0.717) is 29.1 Å². The monoisotopic (exact) mass is 299 g/mol. The molecule has 3 rings (SSSR count). The van der Waals surface area contributed by atoms with E-state index in [4.69, 9.17) is 4.74 Å². The Balaban J connectivity index is 2.06. The van der Waals surface area contributed by atoms with Crippen molar-refractivity contribution in [3.8, 4) is 11.4 Å². The predicted octanol–water partition coefficient (Wildman–Crippen LogP) is 2.54. The SMILES string of the molecule is CC1(C)Cc2nc(-c3cccc([N+](=O)[O-])c3)ncc2C(=O)O1. The van der Waals surface area contributed by atoms with Gasteiger partial charge in [-0.1, -0.05) is 12.1 Å². The van der Waals surface area contributed by atoms with Crippen LogP contribution in [0, 0.1) is 10.1 Å².